The summed E-state index contributed by atoms with van der Waals surface area (Å²) in [6, 6.07) is 9.15. The molecule has 2 heterocycles. The van der Waals surface area contributed by atoms with Crippen LogP contribution in [0.1, 0.15) is 18.4 Å². The van der Waals surface area contributed by atoms with Crippen molar-refractivity contribution < 1.29 is 9.53 Å². The van der Waals surface area contributed by atoms with Crippen molar-refractivity contribution in [3.8, 4) is 5.88 Å². The topological polar surface area (TPSA) is 42.4 Å². The largest absolute Gasteiger partial charge is 0.474 e. The first-order valence-corrected chi connectivity index (χ1v) is 10.0. The summed E-state index contributed by atoms with van der Waals surface area (Å²) in [5.41, 5.74) is 1.06. The second kappa shape index (κ2) is 8.72. The SMILES string of the molecule is BCC(=O)N1C[C@@H]([C@@H](C)Oc2ccc(Cl)cn2)[C@H](c2ccc(Cl)c(Cl)c2)C1. The number of aromatic nitrogens is 1. The zero-order valence-corrected chi connectivity index (χ0v) is 17.4. The normalized spacial score (nSPS) is 20.5. The van der Waals surface area contributed by atoms with Crippen molar-refractivity contribution in [2.75, 3.05) is 13.1 Å². The van der Waals surface area contributed by atoms with Crippen LogP contribution in [0.15, 0.2) is 36.5 Å². The van der Waals surface area contributed by atoms with Gasteiger partial charge in [-0.05, 0) is 37.0 Å². The van der Waals surface area contributed by atoms with Gasteiger partial charge in [-0.3, -0.25) is 4.79 Å². The van der Waals surface area contributed by atoms with Crippen LogP contribution in [-0.2, 0) is 4.79 Å². The molecule has 4 nitrogen and oxygen atoms in total. The number of rotatable bonds is 5. The van der Waals surface area contributed by atoms with E-state index in [0.29, 0.717) is 40.4 Å². The van der Waals surface area contributed by atoms with Gasteiger partial charge < -0.3 is 9.64 Å². The molecule has 8 heteroatoms. The van der Waals surface area contributed by atoms with Gasteiger partial charge in [0.05, 0.1) is 15.1 Å². The molecule has 0 spiro atoms. The Kier molecular flexibility index (Phi) is 6.56. The van der Waals surface area contributed by atoms with Crippen LogP contribution in [0, 0.1) is 5.92 Å². The second-order valence-corrected chi connectivity index (χ2v) is 7.98. The lowest BCUT2D eigenvalue weighted by molar-refractivity contribution is -0.127. The van der Waals surface area contributed by atoms with Gasteiger partial charge in [0.15, 0.2) is 0 Å². The minimum absolute atomic E-state index is 0.107. The molecule has 3 atom stereocenters. The Bertz CT molecular complexity index is 819. The molecule has 0 N–H and O–H groups in total. The van der Waals surface area contributed by atoms with Crippen molar-refractivity contribution in [1.29, 1.82) is 0 Å². The zero-order chi connectivity index (χ0) is 19.6. The molecule has 0 saturated carbocycles. The Morgan fingerprint density at radius 3 is 2.67 bits per heavy atom. The van der Waals surface area contributed by atoms with Gasteiger partial charge in [-0.25, -0.2) is 4.98 Å². The summed E-state index contributed by atoms with van der Waals surface area (Å²) in [5.74, 6) is 0.868. The average molecular weight is 426 g/mol. The first-order valence-electron chi connectivity index (χ1n) is 8.90. The standard InChI is InChI=1S/C19H20BCl3N2O2/c1-11(27-18-5-3-13(21)8-24-18)14-9-25(19(26)7-20)10-15(14)12-2-4-16(22)17(23)6-12/h2-6,8,11,14-15H,7,9-10,20H2,1H3/t11-,14+,15+/m1/s1. The molecule has 1 aliphatic heterocycles. The summed E-state index contributed by atoms with van der Waals surface area (Å²) in [6.45, 7) is 3.27. The van der Waals surface area contributed by atoms with Crippen molar-refractivity contribution in [3.63, 3.8) is 0 Å². The van der Waals surface area contributed by atoms with E-state index in [0.717, 1.165) is 5.56 Å². The number of amides is 1. The van der Waals surface area contributed by atoms with Crippen LogP contribution in [0.25, 0.3) is 0 Å². The maximum absolute atomic E-state index is 12.3. The average Bonchev–Trinajstić information content (AvgIpc) is 3.11. The summed E-state index contributed by atoms with van der Waals surface area (Å²) < 4.78 is 6.05. The molecular formula is C19H20BCl3N2O2. The highest BCUT2D eigenvalue weighted by Gasteiger charge is 2.39. The number of nitrogens with zero attached hydrogens (tertiary/aromatic N) is 2. The number of pyridine rings is 1. The third-order valence-electron chi connectivity index (χ3n) is 5.00. The fourth-order valence-electron chi connectivity index (χ4n) is 3.54. The van der Waals surface area contributed by atoms with Gasteiger partial charge in [0.1, 0.15) is 14.0 Å². The lowest BCUT2D eigenvalue weighted by Gasteiger charge is -2.25. The minimum Gasteiger partial charge on any atom is -0.474 e. The van der Waals surface area contributed by atoms with Crippen LogP contribution in [0.2, 0.25) is 21.4 Å². The van der Waals surface area contributed by atoms with E-state index in [1.54, 1.807) is 24.4 Å². The smallest absolute Gasteiger partial charge is 0.214 e. The predicted octanol–water partition coefficient (Wildman–Crippen LogP) is 4.10. The highest BCUT2D eigenvalue weighted by Crippen LogP contribution is 2.38. The maximum atomic E-state index is 12.3. The van der Waals surface area contributed by atoms with Gasteiger partial charge in [-0.2, -0.15) is 0 Å². The van der Waals surface area contributed by atoms with E-state index < -0.39 is 0 Å². The van der Waals surface area contributed by atoms with E-state index in [9.17, 15) is 4.79 Å². The molecule has 1 saturated heterocycles. The van der Waals surface area contributed by atoms with Crippen LogP contribution in [-0.4, -0.2) is 42.8 Å². The number of carbonyl (C=O) groups is 1. The fraction of sp³-hybridized carbons (Fsp3) is 0.368. The van der Waals surface area contributed by atoms with Gasteiger partial charge in [0.25, 0.3) is 0 Å². The van der Waals surface area contributed by atoms with E-state index in [4.69, 9.17) is 39.5 Å². The maximum Gasteiger partial charge on any atom is 0.214 e. The fourth-order valence-corrected chi connectivity index (χ4v) is 3.96. The zero-order valence-electron chi connectivity index (χ0n) is 15.2. The molecule has 1 fully saturated rings. The molecule has 2 aromatic rings. The summed E-state index contributed by atoms with van der Waals surface area (Å²) in [4.78, 5) is 18.4. The molecule has 1 aromatic carbocycles. The summed E-state index contributed by atoms with van der Waals surface area (Å²) >= 11 is 18.2. The van der Waals surface area contributed by atoms with Gasteiger partial charge in [0, 0.05) is 37.2 Å². The van der Waals surface area contributed by atoms with Crippen LogP contribution in [0.5, 0.6) is 5.88 Å². The number of benzene rings is 1. The molecule has 3 rings (SSSR count). The highest BCUT2D eigenvalue weighted by atomic mass is 35.5. The van der Waals surface area contributed by atoms with E-state index in [-0.39, 0.29) is 23.8 Å². The number of hydrogen-bond acceptors (Lipinski definition) is 3. The molecule has 1 aromatic heterocycles. The van der Waals surface area contributed by atoms with Crippen molar-refractivity contribution in [3.05, 3.63) is 57.2 Å². The third kappa shape index (κ3) is 4.71. The monoisotopic (exact) mass is 424 g/mol. The summed E-state index contributed by atoms with van der Waals surface area (Å²) in [7, 11) is 1.88. The first kappa shape index (κ1) is 20.3. The number of halogens is 3. The minimum atomic E-state index is -0.146. The van der Waals surface area contributed by atoms with Crippen molar-refractivity contribution in [2.24, 2.45) is 5.92 Å². The molecular weight excluding hydrogens is 405 g/mol. The lowest BCUT2D eigenvalue weighted by atomic mass is 9.86. The molecule has 0 radical (unpaired) electrons. The Morgan fingerprint density at radius 2 is 2.04 bits per heavy atom. The Balaban J connectivity index is 1.84. The van der Waals surface area contributed by atoms with E-state index in [1.807, 2.05) is 31.8 Å². The molecule has 142 valence electrons. The first-order chi connectivity index (χ1) is 12.9. The van der Waals surface area contributed by atoms with Crippen LogP contribution in [0.3, 0.4) is 0 Å². The predicted molar refractivity (Wildman–Crippen MR) is 112 cm³/mol. The van der Waals surface area contributed by atoms with E-state index in [1.165, 1.54) is 0 Å². The number of hydrogen-bond donors (Lipinski definition) is 0. The van der Waals surface area contributed by atoms with E-state index in [2.05, 4.69) is 4.98 Å². The quantitative estimate of drug-likeness (QED) is 0.678. The van der Waals surface area contributed by atoms with Crippen molar-refractivity contribution >= 4 is 48.6 Å². The lowest BCUT2D eigenvalue weighted by Crippen LogP contribution is -2.32. The van der Waals surface area contributed by atoms with Gasteiger partial charge >= 0.3 is 0 Å². The summed E-state index contributed by atoms with van der Waals surface area (Å²) in [5, 5.41) is 1.59. The molecule has 0 aliphatic carbocycles. The second-order valence-electron chi connectivity index (χ2n) is 6.73. The molecule has 1 aliphatic rings. The Hall–Kier alpha value is -1.43. The van der Waals surface area contributed by atoms with Crippen LogP contribution < -0.4 is 4.74 Å². The molecule has 27 heavy (non-hydrogen) atoms. The third-order valence-corrected chi connectivity index (χ3v) is 5.96. The Labute approximate surface area is 175 Å². The van der Waals surface area contributed by atoms with Gasteiger partial charge in [-0.1, -0.05) is 40.9 Å². The van der Waals surface area contributed by atoms with Crippen molar-refractivity contribution in [1.82, 2.24) is 9.88 Å². The highest BCUT2D eigenvalue weighted by molar-refractivity contribution is 6.42. The summed E-state index contributed by atoms with van der Waals surface area (Å²) in [6.07, 6.45) is 1.89. The molecule has 0 bridgehead atoms. The molecule has 1 amide bonds. The van der Waals surface area contributed by atoms with E-state index >= 15 is 0 Å². The Morgan fingerprint density at radius 1 is 1.26 bits per heavy atom. The van der Waals surface area contributed by atoms with Gasteiger partial charge in [0.2, 0.25) is 11.8 Å². The number of likely N-dealkylation sites (tertiary alicyclic amines) is 1. The molecule has 0 unspecified atom stereocenters. The number of ether oxygens (including phenoxy) is 1. The van der Waals surface area contributed by atoms with Gasteiger partial charge in [-0.15, -0.1) is 0 Å². The van der Waals surface area contributed by atoms with Crippen LogP contribution >= 0.6 is 34.8 Å². The van der Waals surface area contributed by atoms with Crippen LogP contribution in [0.4, 0.5) is 0 Å². The van der Waals surface area contributed by atoms with Crippen molar-refractivity contribution in [2.45, 2.75) is 25.3 Å². The number of carbonyl (C=O) groups excluding carboxylic acids is 1.